The van der Waals surface area contributed by atoms with Gasteiger partial charge in [0, 0.05) is 24.6 Å². The van der Waals surface area contributed by atoms with Crippen molar-refractivity contribution < 1.29 is 5.11 Å². The molecule has 1 fully saturated rings. The Labute approximate surface area is 94.5 Å². The van der Waals surface area contributed by atoms with Crippen molar-refractivity contribution in [3.05, 3.63) is 0 Å². The standard InChI is InChI=1S/C13H27NO/c1-5-13(4,9-15)8-14-12-7-6-10(2)11(12)3/h10-12,14-15H,5-9H2,1-4H3. The summed E-state index contributed by atoms with van der Waals surface area (Å²) in [4.78, 5) is 0. The molecule has 0 amide bonds. The van der Waals surface area contributed by atoms with Gasteiger partial charge in [0.2, 0.25) is 0 Å². The molecular formula is C13H27NO. The maximum Gasteiger partial charge on any atom is 0.0496 e. The highest BCUT2D eigenvalue weighted by Crippen LogP contribution is 2.31. The molecule has 0 spiro atoms. The van der Waals surface area contributed by atoms with Crippen LogP contribution in [-0.2, 0) is 0 Å². The lowest BCUT2D eigenvalue weighted by Gasteiger charge is -2.29. The SMILES string of the molecule is CCC(C)(CO)CNC1CCC(C)C1C. The lowest BCUT2D eigenvalue weighted by atomic mass is 9.88. The Bertz CT molecular complexity index is 189. The van der Waals surface area contributed by atoms with Crippen molar-refractivity contribution >= 4 is 0 Å². The van der Waals surface area contributed by atoms with E-state index in [1.807, 2.05) is 0 Å². The second kappa shape index (κ2) is 5.31. The zero-order valence-electron chi connectivity index (χ0n) is 10.7. The van der Waals surface area contributed by atoms with Crippen molar-refractivity contribution in [2.45, 2.75) is 53.0 Å². The first-order valence-corrected chi connectivity index (χ1v) is 6.36. The molecule has 0 bridgehead atoms. The highest BCUT2D eigenvalue weighted by atomic mass is 16.3. The van der Waals surface area contributed by atoms with Crippen LogP contribution in [0.4, 0.5) is 0 Å². The highest BCUT2D eigenvalue weighted by Gasteiger charge is 2.31. The zero-order chi connectivity index (χ0) is 11.5. The van der Waals surface area contributed by atoms with E-state index in [0.29, 0.717) is 6.04 Å². The van der Waals surface area contributed by atoms with Crippen LogP contribution in [0.1, 0.15) is 47.0 Å². The van der Waals surface area contributed by atoms with Gasteiger partial charge in [-0.1, -0.05) is 27.7 Å². The van der Waals surface area contributed by atoms with Gasteiger partial charge in [-0.25, -0.2) is 0 Å². The van der Waals surface area contributed by atoms with Gasteiger partial charge < -0.3 is 10.4 Å². The van der Waals surface area contributed by atoms with Gasteiger partial charge in [0.05, 0.1) is 0 Å². The Balaban J connectivity index is 2.37. The van der Waals surface area contributed by atoms with E-state index in [4.69, 9.17) is 0 Å². The largest absolute Gasteiger partial charge is 0.396 e. The van der Waals surface area contributed by atoms with Crippen LogP contribution in [0, 0.1) is 17.3 Å². The van der Waals surface area contributed by atoms with Crippen LogP contribution in [0.3, 0.4) is 0 Å². The second-order valence-electron chi connectivity index (χ2n) is 5.72. The van der Waals surface area contributed by atoms with Gasteiger partial charge in [0.25, 0.3) is 0 Å². The van der Waals surface area contributed by atoms with Crippen molar-refractivity contribution in [1.82, 2.24) is 5.32 Å². The molecule has 0 aromatic carbocycles. The molecule has 1 saturated carbocycles. The number of hydrogen-bond acceptors (Lipinski definition) is 2. The van der Waals surface area contributed by atoms with Gasteiger partial charge >= 0.3 is 0 Å². The third-order valence-electron chi connectivity index (χ3n) is 4.49. The molecule has 1 rings (SSSR count). The number of aliphatic hydroxyl groups excluding tert-OH is 1. The first-order valence-electron chi connectivity index (χ1n) is 6.36. The summed E-state index contributed by atoms with van der Waals surface area (Å²) in [5, 5.41) is 13.0. The predicted molar refractivity (Wildman–Crippen MR) is 64.8 cm³/mol. The molecule has 2 N–H and O–H groups in total. The van der Waals surface area contributed by atoms with E-state index in [2.05, 4.69) is 33.0 Å². The normalized spacial score (nSPS) is 35.4. The van der Waals surface area contributed by atoms with Crippen LogP contribution in [0.5, 0.6) is 0 Å². The fourth-order valence-electron chi connectivity index (χ4n) is 2.32. The van der Waals surface area contributed by atoms with Crippen LogP contribution < -0.4 is 5.32 Å². The third-order valence-corrected chi connectivity index (χ3v) is 4.49. The minimum Gasteiger partial charge on any atom is -0.396 e. The lowest BCUT2D eigenvalue weighted by molar-refractivity contribution is 0.129. The summed E-state index contributed by atoms with van der Waals surface area (Å²) in [5.41, 5.74) is 0.0611. The smallest absolute Gasteiger partial charge is 0.0496 e. The minimum atomic E-state index is 0.0611. The summed E-state index contributed by atoms with van der Waals surface area (Å²) in [6.45, 7) is 10.2. The maximum atomic E-state index is 9.34. The topological polar surface area (TPSA) is 32.3 Å². The van der Waals surface area contributed by atoms with Crippen molar-refractivity contribution in [3.63, 3.8) is 0 Å². The van der Waals surface area contributed by atoms with Gasteiger partial charge in [-0.3, -0.25) is 0 Å². The first kappa shape index (κ1) is 13.0. The average Bonchev–Trinajstić information content (AvgIpc) is 2.57. The molecule has 1 aliphatic carbocycles. The fourth-order valence-corrected chi connectivity index (χ4v) is 2.32. The maximum absolute atomic E-state index is 9.34. The molecule has 15 heavy (non-hydrogen) atoms. The Kier molecular flexibility index (Phi) is 4.60. The lowest BCUT2D eigenvalue weighted by Crippen LogP contribution is -2.41. The molecule has 2 nitrogen and oxygen atoms in total. The van der Waals surface area contributed by atoms with Gasteiger partial charge in [-0.05, 0) is 31.1 Å². The Hall–Kier alpha value is -0.0800. The monoisotopic (exact) mass is 213 g/mol. The number of nitrogens with one attached hydrogen (secondary N) is 1. The summed E-state index contributed by atoms with van der Waals surface area (Å²) < 4.78 is 0. The van der Waals surface area contributed by atoms with Crippen molar-refractivity contribution in [1.29, 1.82) is 0 Å². The summed E-state index contributed by atoms with van der Waals surface area (Å²) in [5.74, 6) is 1.63. The molecule has 90 valence electrons. The van der Waals surface area contributed by atoms with E-state index in [-0.39, 0.29) is 12.0 Å². The molecule has 0 aromatic rings. The molecule has 1 aliphatic rings. The molecule has 0 radical (unpaired) electrons. The Morgan fingerprint density at radius 3 is 2.40 bits per heavy atom. The first-order chi connectivity index (χ1) is 7.02. The molecule has 2 heteroatoms. The summed E-state index contributed by atoms with van der Waals surface area (Å²) in [7, 11) is 0. The summed E-state index contributed by atoms with van der Waals surface area (Å²) in [6.07, 6.45) is 3.68. The van der Waals surface area contributed by atoms with Gasteiger partial charge in [-0.15, -0.1) is 0 Å². The van der Waals surface area contributed by atoms with Crippen molar-refractivity contribution in [3.8, 4) is 0 Å². The van der Waals surface area contributed by atoms with Gasteiger partial charge in [0.15, 0.2) is 0 Å². The van der Waals surface area contributed by atoms with E-state index in [9.17, 15) is 5.11 Å². The Morgan fingerprint density at radius 2 is 2.00 bits per heavy atom. The predicted octanol–water partition coefficient (Wildman–Crippen LogP) is 2.42. The molecule has 0 heterocycles. The highest BCUT2D eigenvalue weighted by molar-refractivity contribution is 4.87. The Morgan fingerprint density at radius 1 is 1.33 bits per heavy atom. The molecule has 0 aromatic heterocycles. The van der Waals surface area contributed by atoms with Crippen molar-refractivity contribution in [2.75, 3.05) is 13.2 Å². The van der Waals surface area contributed by atoms with Crippen LogP contribution >= 0.6 is 0 Å². The van der Waals surface area contributed by atoms with E-state index in [0.717, 1.165) is 24.8 Å². The van der Waals surface area contributed by atoms with Gasteiger partial charge in [-0.2, -0.15) is 0 Å². The zero-order valence-corrected chi connectivity index (χ0v) is 10.7. The van der Waals surface area contributed by atoms with Crippen LogP contribution in [0.15, 0.2) is 0 Å². The van der Waals surface area contributed by atoms with E-state index >= 15 is 0 Å². The third kappa shape index (κ3) is 3.18. The minimum absolute atomic E-state index is 0.0611. The van der Waals surface area contributed by atoms with Crippen LogP contribution in [-0.4, -0.2) is 24.3 Å². The molecule has 4 atom stereocenters. The summed E-state index contributed by atoms with van der Waals surface area (Å²) >= 11 is 0. The quantitative estimate of drug-likeness (QED) is 0.735. The van der Waals surface area contributed by atoms with E-state index < -0.39 is 0 Å². The molecular weight excluding hydrogens is 186 g/mol. The number of rotatable bonds is 5. The molecule has 0 saturated heterocycles. The summed E-state index contributed by atoms with van der Waals surface area (Å²) in [6, 6.07) is 0.664. The van der Waals surface area contributed by atoms with Gasteiger partial charge in [0.1, 0.15) is 0 Å². The van der Waals surface area contributed by atoms with Crippen LogP contribution in [0.25, 0.3) is 0 Å². The number of aliphatic hydroxyl groups is 1. The molecule has 0 aliphatic heterocycles. The average molecular weight is 213 g/mol. The van der Waals surface area contributed by atoms with E-state index in [1.165, 1.54) is 12.8 Å². The second-order valence-corrected chi connectivity index (χ2v) is 5.72. The molecule has 4 unspecified atom stereocenters. The van der Waals surface area contributed by atoms with E-state index in [1.54, 1.807) is 0 Å². The number of hydrogen-bond donors (Lipinski definition) is 2. The van der Waals surface area contributed by atoms with Crippen LogP contribution in [0.2, 0.25) is 0 Å². The van der Waals surface area contributed by atoms with Crippen molar-refractivity contribution in [2.24, 2.45) is 17.3 Å². The fraction of sp³-hybridized carbons (Fsp3) is 1.00.